The zero-order valence-electron chi connectivity index (χ0n) is 19.4. The second-order valence-corrected chi connectivity index (χ2v) is 10.1. The zero-order valence-corrected chi connectivity index (χ0v) is 19.4. The summed E-state index contributed by atoms with van der Waals surface area (Å²) >= 11 is 0. The van der Waals surface area contributed by atoms with E-state index in [4.69, 9.17) is 4.74 Å². The second kappa shape index (κ2) is 10.2. The predicted octanol–water partition coefficient (Wildman–Crippen LogP) is 6.46. The third-order valence-electron chi connectivity index (χ3n) is 5.06. The molecule has 0 bridgehead atoms. The van der Waals surface area contributed by atoms with Gasteiger partial charge in [0.05, 0.1) is 6.61 Å². The molecule has 0 saturated heterocycles. The summed E-state index contributed by atoms with van der Waals surface area (Å²) in [7, 11) is 0. The Kier molecular flexibility index (Phi) is 8.91. The summed E-state index contributed by atoms with van der Waals surface area (Å²) in [5, 5.41) is 0. The quantitative estimate of drug-likeness (QED) is 0.277. The third-order valence-corrected chi connectivity index (χ3v) is 5.06. The number of aryl methyl sites for hydroxylation is 3. The van der Waals surface area contributed by atoms with E-state index in [0.29, 0.717) is 24.5 Å². The number of hydrogen-bond acceptors (Lipinski definition) is 3. The van der Waals surface area contributed by atoms with Crippen LogP contribution in [-0.4, -0.2) is 18.4 Å². The summed E-state index contributed by atoms with van der Waals surface area (Å²) < 4.78 is 5.53. The lowest BCUT2D eigenvalue weighted by Crippen LogP contribution is -2.30. The second-order valence-electron chi connectivity index (χ2n) is 10.1. The molecule has 28 heavy (non-hydrogen) atoms. The molecule has 0 fully saturated rings. The SMILES string of the molecule is Cc1cc(C)c(C(=O)C(CC(C)CC(C)(C)C)C(=O)OCCC(C)C)c(C)c1. The smallest absolute Gasteiger partial charge is 0.316 e. The van der Waals surface area contributed by atoms with E-state index >= 15 is 0 Å². The maximum atomic E-state index is 13.4. The molecule has 3 nitrogen and oxygen atoms in total. The summed E-state index contributed by atoms with van der Waals surface area (Å²) in [4.78, 5) is 26.3. The average Bonchev–Trinajstić information content (AvgIpc) is 2.49. The summed E-state index contributed by atoms with van der Waals surface area (Å²) in [5.41, 5.74) is 3.84. The monoisotopic (exact) mass is 388 g/mol. The molecule has 2 unspecified atom stereocenters. The van der Waals surface area contributed by atoms with Crippen molar-refractivity contribution in [3.05, 3.63) is 34.4 Å². The van der Waals surface area contributed by atoms with Crippen LogP contribution in [0.3, 0.4) is 0 Å². The number of carbonyl (C=O) groups excluding carboxylic acids is 2. The molecule has 0 amide bonds. The Morgan fingerprint density at radius 3 is 2.00 bits per heavy atom. The summed E-state index contributed by atoms with van der Waals surface area (Å²) in [5.74, 6) is -0.471. The fourth-order valence-corrected chi connectivity index (χ4v) is 4.08. The summed E-state index contributed by atoms with van der Waals surface area (Å²) in [6.45, 7) is 19.2. The van der Waals surface area contributed by atoms with Gasteiger partial charge in [-0.3, -0.25) is 9.59 Å². The van der Waals surface area contributed by atoms with Crippen molar-refractivity contribution in [2.75, 3.05) is 6.61 Å². The summed E-state index contributed by atoms with van der Waals surface area (Å²) in [6, 6.07) is 4.03. The van der Waals surface area contributed by atoms with Crippen LogP contribution in [0.2, 0.25) is 0 Å². The number of benzene rings is 1. The molecule has 0 spiro atoms. The van der Waals surface area contributed by atoms with Crippen LogP contribution in [0.25, 0.3) is 0 Å². The molecule has 0 N–H and O–H groups in total. The maximum Gasteiger partial charge on any atom is 0.316 e. The van der Waals surface area contributed by atoms with E-state index in [1.807, 2.05) is 32.9 Å². The van der Waals surface area contributed by atoms with Crippen LogP contribution in [0.4, 0.5) is 0 Å². The molecule has 1 rings (SSSR count). The molecule has 0 aliphatic heterocycles. The van der Waals surface area contributed by atoms with Crippen molar-refractivity contribution in [3.8, 4) is 0 Å². The lowest BCUT2D eigenvalue weighted by molar-refractivity contribution is -0.147. The molecule has 158 valence electrons. The highest BCUT2D eigenvalue weighted by Crippen LogP contribution is 2.31. The van der Waals surface area contributed by atoms with Crippen molar-refractivity contribution in [1.29, 1.82) is 0 Å². The van der Waals surface area contributed by atoms with E-state index < -0.39 is 5.92 Å². The Hall–Kier alpha value is -1.64. The van der Waals surface area contributed by atoms with Gasteiger partial charge in [-0.1, -0.05) is 59.2 Å². The van der Waals surface area contributed by atoms with Crippen LogP contribution in [-0.2, 0) is 9.53 Å². The van der Waals surface area contributed by atoms with Gasteiger partial charge in [0.25, 0.3) is 0 Å². The van der Waals surface area contributed by atoms with Crippen LogP contribution in [0.1, 0.15) is 87.9 Å². The first-order valence-corrected chi connectivity index (χ1v) is 10.6. The van der Waals surface area contributed by atoms with Crippen molar-refractivity contribution >= 4 is 11.8 Å². The Morgan fingerprint density at radius 1 is 1.00 bits per heavy atom. The van der Waals surface area contributed by atoms with Crippen LogP contribution in [0, 0.1) is 43.9 Å². The molecule has 0 aromatic heterocycles. The molecule has 2 atom stereocenters. The van der Waals surface area contributed by atoms with Crippen molar-refractivity contribution in [1.82, 2.24) is 0 Å². The number of hydrogen-bond donors (Lipinski definition) is 0. The van der Waals surface area contributed by atoms with Crippen LogP contribution < -0.4 is 0 Å². The minimum Gasteiger partial charge on any atom is -0.465 e. The first kappa shape index (κ1) is 24.4. The van der Waals surface area contributed by atoms with E-state index in [9.17, 15) is 9.59 Å². The first-order chi connectivity index (χ1) is 12.8. The number of Topliss-reactive ketones (excluding diaryl/α,β-unsaturated/α-hetero) is 1. The maximum absolute atomic E-state index is 13.4. The molecule has 0 heterocycles. The van der Waals surface area contributed by atoms with Crippen molar-refractivity contribution in [3.63, 3.8) is 0 Å². The first-order valence-electron chi connectivity index (χ1n) is 10.6. The highest BCUT2D eigenvalue weighted by Gasteiger charge is 2.33. The Labute approximate surface area is 172 Å². The van der Waals surface area contributed by atoms with Gasteiger partial charge in [-0.05, 0) is 68.4 Å². The highest BCUT2D eigenvalue weighted by atomic mass is 16.5. The minimum absolute atomic E-state index is 0.0923. The topological polar surface area (TPSA) is 43.4 Å². The normalized spacial score (nSPS) is 14.1. The van der Waals surface area contributed by atoms with E-state index in [2.05, 4.69) is 41.5 Å². The molecule has 0 aliphatic rings. The third kappa shape index (κ3) is 7.77. The van der Waals surface area contributed by atoms with Gasteiger partial charge < -0.3 is 4.74 Å². The fraction of sp³-hybridized carbons (Fsp3) is 0.680. The van der Waals surface area contributed by atoms with E-state index in [1.165, 1.54) is 0 Å². The van der Waals surface area contributed by atoms with E-state index in [1.54, 1.807) is 0 Å². The van der Waals surface area contributed by atoms with Gasteiger partial charge in [-0.2, -0.15) is 0 Å². The predicted molar refractivity (Wildman–Crippen MR) is 117 cm³/mol. The fourth-order valence-electron chi connectivity index (χ4n) is 4.08. The molecule has 1 aromatic rings. The lowest BCUT2D eigenvalue weighted by Gasteiger charge is -2.26. The summed E-state index contributed by atoms with van der Waals surface area (Å²) in [6.07, 6.45) is 2.30. The molecule has 3 heteroatoms. The van der Waals surface area contributed by atoms with Crippen molar-refractivity contribution < 1.29 is 14.3 Å². The van der Waals surface area contributed by atoms with E-state index in [-0.39, 0.29) is 23.1 Å². The number of ether oxygens (including phenoxy) is 1. The van der Waals surface area contributed by atoms with Gasteiger partial charge in [0, 0.05) is 5.56 Å². The van der Waals surface area contributed by atoms with Crippen LogP contribution in [0.5, 0.6) is 0 Å². The molecule has 0 aliphatic carbocycles. The Bertz CT molecular complexity index is 657. The van der Waals surface area contributed by atoms with Gasteiger partial charge in [0.2, 0.25) is 0 Å². The molecular weight excluding hydrogens is 348 g/mol. The molecule has 1 aromatic carbocycles. The van der Waals surface area contributed by atoms with Crippen molar-refractivity contribution in [2.45, 2.75) is 81.6 Å². The highest BCUT2D eigenvalue weighted by molar-refractivity contribution is 6.10. The van der Waals surface area contributed by atoms with Gasteiger partial charge in [-0.25, -0.2) is 0 Å². The molecular formula is C25H40O3. The number of carbonyl (C=O) groups is 2. The van der Waals surface area contributed by atoms with Crippen LogP contribution in [0.15, 0.2) is 12.1 Å². The van der Waals surface area contributed by atoms with Crippen LogP contribution >= 0.6 is 0 Å². The van der Waals surface area contributed by atoms with Gasteiger partial charge in [-0.15, -0.1) is 0 Å². The average molecular weight is 389 g/mol. The zero-order chi connectivity index (χ0) is 21.6. The minimum atomic E-state index is -0.732. The number of esters is 1. The molecule has 0 saturated carbocycles. The van der Waals surface area contributed by atoms with Gasteiger partial charge in [0.1, 0.15) is 5.92 Å². The van der Waals surface area contributed by atoms with E-state index in [0.717, 1.165) is 29.5 Å². The van der Waals surface area contributed by atoms with Gasteiger partial charge >= 0.3 is 5.97 Å². The number of ketones is 1. The Morgan fingerprint density at radius 2 is 1.54 bits per heavy atom. The van der Waals surface area contributed by atoms with Crippen molar-refractivity contribution in [2.24, 2.45) is 23.2 Å². The number of rotatable bonds is 9. The lowest BCUT2D eigenvalue weighted by atomic mass is 9.79. The van der Waals surface area contributed by atoms with Gasteiger partial charge in [0.15, 0.2) is 5.78 Å². The molecule has 0 radical (unpaired) electrons. The Balaban J connectivity index is 3.11. The standard InChI is InChI=1S/C25H40O3/c1-16(2)10-11-28-24(27)21(14-18(4)15-25(7,8)9)23(26)22-19(5)12-17(3)13-20(22)6/h12-13,16,18,21H,10-11,14-15H2,1-9H3. The largest absolute Gasteiger partial charge is 0.465 e.